The lowest BCUT2D eigenvalue weighted by Crippen LogP contribution is -2.40. The van der Waals surface area contributed by atoms with Gasteiger partial charge in [-0.05, 0) is 68.9 Å². The summed E-state index contributed by atoms with van der Waals surface area (Å²) in [6.45, 7) is 1.60. The highest BCUT2D eigenvalue weighted by Crippen LogP contribution is 2.38. The van der Waals surface area contributed by atoms with Crippen molar-refractivity contribution in [3.05, 3.63) is 82.2 Å². The predicted molar refractivity (Wildman–Crippen MR) is 184 cm³/mol. The molecule has 1 fully saturated rings. The number of hydrogen-bond acceptors (Lipinski definition) is 9. The zero-order valence-electron chi connectivity index (χ0n) is 27.6. The number of halogens is 4. The molecule has 50 heavy (non-hydrogen) atoms. The number of ether oxygens (including phenoxy) is 4. The molecule has 1 amide bonds. The number of anilines is 1. The third kappa shape index (κ3) is 9.34. The van der Waals surface area contributed by atoms with Crippen molar-refractivity contribution in [1.29, 1.82) is 0 Å². The van der Waals surface area contributed by atoms with E-state index in [-0.39, 0.29) is 33.7 Å². The largest absolute Gasteiger partial charge is 0.489 e. The summed E-state index contributed by atoms with van der Waals surface area (Å²) < 4.78 is 76.2. The van der Waals surface area contributed by atoms with E-state index in [9.17, 15) is 26.8 Å². The molecule has 1 aliphatic rings. The van der Waals surface area contributed by atoms with Crippen molar-refractivity contribution in [2.75, 3.05) is 17.2 Å². The van der Waals surface area contributed by atoms with E-state index in [4.69, 9.17) is 37.4 Å². The molecule has 0 N–H and O–H groups in total. The second kappa shape index (κ2) is 15.0. The van der Waals surface area contributed by atoms with Crippen LogP contribution in [0.4, 0.5) is 19.3 Å². The lowest BCUT2D eigenvalue weighted by atomic mass is 10.0. The van der Waals surface area contributed by atoms with Crippen LogP contribution in [0.15, 0.2) is 61.1 Å². The van der Waals surface area contributed by atoms with Crippen molar-refractivity contribution in [3.8, 4) is 11.5 Å². The molecule has 0 radical (unpaired) electrons. The molecule has 0 saturated heterocycles. The first kappa shape index (κ1) is 37.1. The Hall–Kier alpha value is -4.14. The number of sulfonamides is 1. The van der Waals surface area contributed by atoms with E-state index in [1.54, 1.807) is 45.0 Å². The van der Waals surface area contributed by atoms with Crippen LogP contribution in [0.3, 0.4) is 0 Å². The molecule has 1 aliphatic carbocycles. The van der Waals surface area contributed by atoms with Gasteiger partial charge in [0, 0.05) is 30.4 Å². The van der Waals surface area contributed by atoms with E-state index in [0.717, 1.165) is 19.1 Å². The monoisotopic (exact) mass is 753 g/mol. The molecule has 4 aromatic rings. The number of carbonyl (C=O) groups is 2. The number of amides is 1. The molecule has 0 bridgehead atoms. The van der Waals surface area contributed by atoms with Crippen LogP contribution in [-0.2, 0) is 37.3 Å². The van der Waals surface area contributed by atoms with Gasteiger partial charge in [0.2, 0.25) is 10.0 Å². The third-order valence-electron chi connectivity index (χ3n) is 7.52. The Bertz CT molecular complexity index is 1980. The predicted octanol–water partition coefficient (Wildman–Crippen LogP) is 7.96. The van der Waals surface area contributed by atoms with Gasteiger partial charge >= 0.3 is 18.7 Å². The first-order chi connectivity index (χ1) is 23.5. The van der Waals surface area contributed by atoms with Crippen LogP contribution in [0.1, 0.15) is 50.8 Å². The minimum Gasteiger partial charge on any atom is -0.489 e. The van der Waals surface area contributed by atoms with Gasteiger partial charge in [-0.15, -0.1) is 0 Å². The molecule has 2 aromatic carbocycles. The molecule has 2 aromatic heterocycles. The third-order valence-corrected chi connectivity index (χ3v) is 9.18. The molecule has 11 nitrogen and oxygen atoms in total. The summed E-state index contributed by atoms with van der Waals surface area (Å²) in [5.74, 6) is -0.593. The van der Waals surface area contributed by atoms with Gasteiger partial charge in [-0.1, -0.05) is 47.5 Å². The van der Waals surface area contributed by atoms with Gasteiger partial charge in [-0.25, -0.2) is 13.2 Å². The molecular formula is C34H35Cl2F2N3O8S. The number of alkyl halides is 2. The summed E-state index contributed by atoms with van der Waals surface area (Å²) in [5, 5.41) is 0.784. The van der Waals surface area contributed by atoms with Crippen molar-refractivity contribution in [2.24, 2.45) is 5.92 Å². The van der Waals surface area contributed by atoms with Gasteiger partial charge in [0.1, 0.15) is 18.2 Å². The fraction of sp³-hybridized carbons (Fsp3) is 0.382. The molecule has 5 rings (SSSR count). The molecule has 1 atom stereocenters. The Morgan fingerprint density at radius 1 is 1.06 bits per heavy atom. The molecule has 0 aliphatic heterocycles. The van der Waals surface area contributed by atoms with Gasteiger partial charge in [0.25, 0.3) is 0 Å². The summed E-state index contributed by atoms with van der Waals surface area (Å²) in [4.78, 5) is 30.8. The fourth-order valence-electron chi connectivity index (χ4n) is 5.14. The van der Waals surface area contributed by atoms with E-state index in [2.05, 4.69) is 9.72 Å². The average molecular weight is 755 g/mol. The van der Waals surface area contributed by atoms with Crippen LogP contribution in [0.5, 0.6) is 11.5 Å². The maximum atomic E-state index is 13.7. The van der Waals surface area contributed by atoms with E-state index in [0.29, 0.717) is 38.9 Å². The van der Waals surface area contributed by atoms with Gasteiger partial charge < -0.3 is 23.5 Å². The van der Waals surface area contributed by atoms with Crippen molar-refractivity contribution >= 4 is 61.9 Å². The highest BCUT2D eigenvalue weighted by molar-refractivity contribution is 7.92. The van der Waals surface area contributed by atoms with Crippen LogP contribution < -0.4 is 13.8 Å². The van der Waals surface area contributed by atoms with Crippen LogP contribution in [0, 0.1) is 5.92 Å². The fourth-order valence-corrected chi connectivity index (χ4v) is 6.47. The van der Waals surface area contributed by atoms with Gasteiger partial charge in [-0.2, -0.15) is 13.1 Å². The number of carbonyl (C=O) groups excluding carboxylic acids is 2. The van der Waals surface area contributed by atoms with E-state index in [1.807, 2.05) is 0 Å². The lowest BCUT2D eigenvalue weighted by Gasteiger charge is -2.25. The van der Waals surface area contributed by atoms with Crippen LogP contribution in [-0.4, -0.2) is 55.1 Å². The maximum absolute atomic E-state index is 13.7. The second-order valence-corrected chi connectivity index (χ2v) is 15.4. The number of benzene rings is 2. The number of esters is 1. The van der Waals surface area contributed by atoms with Crippen molar-refractivity contribution < 1.29 is 45.7 Å². The number of rotatable bonds is 13. The SMILES string of the molecule is CC(C)(C)OC(=O)N(c1cn(CC(=O)O[C@@H](Cc2c(Cl)cncc2Cl)c2ccc(OC(F)F)c(OCC3CC3)c2)c2ccccc12)S(C)(=O)=O. The van der Waals surface area contributed by atoms with Crippen molar-refractivity contribution in [3.63, 3.8) is 0 Å². The zero-order chi connectivity index (χ0) is 36.4. The molecule has 0 spiro atoms. The lowest BCUT2D eigenvalue weighted by molar-refractivity contribution is -0.150. The first-order valence-corrected chi connectivity index (χ1v) is 18.1. The summed E-state index contributed by atoms with van der Waals surface area (Å²) in [6, 6.07) is 10.9. The Kier molecular flexibility index (Phi) is 11.1. The highest BCUT2D eigenvalue weighted by Gasteiger charge is 2.33. The van der Waals surface area contributed by atoms with E-state index < -0.39 is 46.9 Å². The van der Waals surface area contributed by atoms with Crippen LogP contribution in [0.2, 0.25) is 10.0 Å². The number of aromatic nitrogens is 2. The van der Waals surface area contributed by atoms with E-state index >= 15 is 0 Å². The molecule has 0 unspecified atom stereocenters. The Morgan fingerprint density at radius 2 is 1.74 bits per heavy atom. The Labute approximate surface area is 298 Å². The Morgan fingerprint density at radius 3 is 2.36 bits per heavy atom. The summed E-state index contributed by atoms with van der Waals surface area (Å²) >= 11 is 12.8. The normalized spacial score (nSPS) is 14.0. The number of para-hydroxylation sites is 1. The Balaban J connectivity index is 1.50. The van der Waals surface area contributed by atoms with Gasteiger partial charge in [0.05, 0.1) is 34.1 Å². The van der Waals surface area contributed by atoms with Crippen molar-refractivity contribution in [1.82, 2.24) is 9.55 Å². The minimum absolute atomic E-state index is 0.0240. The van der Waals surface area contributed by atoms with Crippen LogP contribution >= 0.6 is 23.2 Å². The smallest absolute Gasteiger partial charge is 0.428 e. The average Bonchev–Trinajstić information content (AvgIpc) is 3.78. The highest BCUT2D eigenvalue weighted by atomic mass is 35.5. The first-order valence-electron chi connectivity index (χ1n) is 15.5. The number of pyridine rings is 1. The quantitative estimate of drug-likeness (QED) is 0.125. The molecule has 1 saturated carbocycles. The molecule has 268 valence electrons. The molecule has 2 heterocycles. The summed E-state index contributed by atoms with van der Waals surface area (Å²) in [7, 11) is -4.19. The zero-order valence-corrected chi connectivity index (χ0v) is 29.9. The summed E-state index contributed by atoms with van der Waals surface area (Å²) in [6.07, 6.45) is 4.71. The maximum Gasteiger partial charge on any atom is 0.428 e. The van der Waals surface area contributed by atoms with Gasteiger partial charge in [-0.3, -0.25) is 9.78 Å². The molecule has 16 heteroatoms. The second-order valence-electron chi connectivity index (χ2n) is 12.8. The standard InChI is InChI=1S/C34H35Cl2F2N3O8S/c1-34(2,3)49-33(43)41(50(4,44)45)27-17-40(26-8-6-5-7-22(26)27)18-31(42)47-29(14-23-24(35)15-39-16-25(23)36)21-11-12-28(48-32(37)38)30(13-21)46-19-20-9-10-20/h5-8,11-13,15-17,20,29,32H,9-10,14,18-19H2,1-4H3/t29-/m0/s1. The summed E-state index contributed by atoms with van der Waals surface area (Å²) in [5.41, 5.74) is 0.205. The number of fused-ring (bicyclic) bond motifs is 1. The number of hydrogen-bond donors (Lipinski definition) is 0. The van der Waals surface area contributed by atoms with Gasteiger partial charge in [0.15, 0.2) is 11.5 Å². The van der Waals surface area contributed by atoms with Crippen LogP contribution in [0.25, 0.3) is 10.9 Å². The molecular weight excluding hydrogens is 719 g/mol. The van der Waals surface area contributed by atoms with E-state index in [1.165, 1.54) is 41.4 Å². The topological polar surface area (TPSA) is 126 Å². The minimum atomic E-state index is -4.19. The van der Waals surface area contributed by atoms with Crippen molar-refractivity contribution in [2.45, 2.75) is 64.9 Å². The number of nitrogens with zero attached hydrogens (tertiary/aromatic N) is 3.